The van der Waals surface area contributed by atoms with Crippen LogP contribution in [0.25, 0.3) is 0 Å². The largest absolute Gasteiger partial charge is 0.444 e. The van der Waals surface area contributed by atoms with Gasteiger partial charge in [0, 0.05) is 44.6 Å². The van der Waals surface area contributed by atoms with Crippen molar-refractivity contribution in [3.8, 4) is 0 Å². The van der Waals surface area contributed by atoms with Crippen molar-refractivity contribution >= 4 is 12.0 Å². The van der Waals surface area contributed by atoms with Crippen LogP contribution in [0, 0.1) is 6.92 Å². The van der Waals surface area contributed by atoms with E-state index in [9.17, 15) is 9.59 Å². The summed E-state index contributed by atoms with van der Waals surface area (Å²) in [4.78, 5) is 31.3. The Bertz CT molecular complexity index is 591. The molecule has 7 heteroatoms. The van der Waals surface area contributed by atoms with Gasteiger partial charge in [-0.3, -0.25) is 9.69 Å². The van der Waals surface area contributed by atoms with Gasteiger partial charge in [0.05, 0.1) is 5.56 Å². The lowest BCUT2D eigenvalue weighted by Crippen LogP contribution is -2.57. The van der Waals surface area contributed by atoms with Gasteiger partial charge in [0.15, 0.2) is 0 Å². The van der Waals surface area contributed by atoms with Gasteiger partial charge < -0.3 is 19.9 Å². The van der Waals surface area contributed by atoms with E-state index in [2.05, 4.69) is 15.2 Å². The summed E-state index contributed by atoms with van der Waals surface area (Å²) in [5, 5.41) is 2.95. The maximum absolute atomic E-state index is 12.2. The Hall–Kier alpha value is -2.02. The monoisotopic (exact) mass is 336 g/mol. The van der Waals surface area contributed by atoms with Gasteiger partial charge in [-0.05, 0) is 40.3 Å². The van der Waals surface area contributed by atoms with Crippen molar-refractivity contribution < 1.29 is 14.3 Å². The molecule has 2 heterocycles. The number of hydrogen-bond acceptors (Lipinski definition) is 4. The van der Waals surface area contributed by atoms with Crippen LogP contribution in [-0.4, -0.2) is 71.7 Å². The molecule has 1 aromatic heterocycles. The molecule has 2 N–H and O–H groups in total. The second-order valence-corrected chi connectivity index (χ2v) is 7.32. The van der Waals surface area contributed by atoms with Crippen LogP contribution in [0.3, 0.4) is 0 Å². The lowest BCUT2D eigenvalue weighted by molar-refractivity contribution is 0.00786. The van der Waals surface area contributed by atoms with Crippen molar-refractivity contribution in [1.82, 2.24) is 20.1 Å². The Labute approximate surface area is 143 Å². The molecule has 1 unspecified atom stereocenters. The molecule has 134 valence electrons. The maximum Gasteiger partial charge on any atom is 0.410 e. The Morgan fingerprint density at radius 3 is 2.62 bits per heavy atom. The molecule has 0 radical (unpaired) electrons. The first-order valence-corrected chi connectivity index (χ1v) is 8.27. The average Bonchev–Trinajstić information content (AvgIpc) is 2.90. The molecule has 1 atom stereocenters. The molecule has 0 aromatic carbocycles. The molecule has 0 aliphatic carbocycles. The molecule has 2 amide bonds. The molecule has 0 bridgehead atoms. The van der Waals surface area contributed by atoms with Gasteiger partial charge in [-0.25, -0.2) is 4.79 Å². The normalized spacial score (nSPS) is 19.2. The highest BCUT2D eigenvalue weighted by Crippen LogP contribution is 2.14. The SMILES string of the molecule is Cc1c[nH]cc1C(=O)NCC1CN(C(=O)OC(C)(C)C)CCN1C. The zero-order valence-electron chi connectivity index (χ0n) is 15.2. The van der Waals surface area contributed by atoms with Crippen molar-refractivity contribution in [2.45, 2.75) is 39.3 Å². The number of aromatic amines is 1. The third-order valence-electron chi connectivity index (χ3n) is 4.12. The van der Waals surface area contributed by atoms with Crippen LogP contribution in [0.2, 0.25) is 0 Å². The van der Waals surface area contributed by atoms with Crippen LogP contribution in [0.4, 0.5) is 4.79 Å². The molecule has 1 aliphatic rings. The van der Waals surface area contributed by atoms with Crippen LogP contribution < -0.4 is 5.32 Å². The molecule has 7 nitrogen and oxygen atoms in total. The summed E-state index contributed by atoms with van der Waals surface area (Å²) in [6.45, 7) is 9.88. The second kappa shape index (κ2) is 7.25. The summed E-state index contributed by atoms with van der Waals surface area (Å²) in [7, 11) is 2.00. The van der Waals surface area contributed by atoms with Crippen LogP contribution in [0.5, 0.6) is 0 Å². The molecule has 1 aromatic rings. The molecule has 1 fully saturated rings. The molecule has 1 aliphatic heterocycles. The first-order chi connectivity index (χ1) is 11.2. The van der Waals surface area contributed by atoms with Crippen molar-refractivity contribution in [3.63, 3.8) is 0 Å². The number of nitrogens with one attached hydrogen (secondary N) is 2. The fourth-order valence-corrected chi connectivity index (χ4v) is 2.65. The highest BCUT2D eigenvalue weighted by Gasteiger charge is 2.30. The minimum absolute atomic E-state index is 0.0643. The van der Waals surface area contributed by atoms with Crippen LogP contribution in [-0.2, 0) is 4.74 Å². The lowest BCUT2D eigenvalue weighted by atomic mass is 10.1. The second-order valence-electron chi connectivity index (χ2n) is 7.32. The lowest BCUT2D eigenvalue weighted by Gasteiger charge is -2.39. The predicted octanol–water partition coefficient (Wildman–Crippen LogP) is 1.60. The third-order valence-corrected chi connectivity index (χ3v) is 4.12. The van der Waals surface area contributed by atoms with Gasteiger partial charge in [0.25, 0.3) is 5.91 Å². The summed E-state index contributed by atoms with van der Waals surface area (Å²) < 4.78 is 5.44. The number of amides is 2. The van der Waals surface area contributed by atoms with E-state index in [1.54, 1.807) is 17.3 Å². The zero-order chi connectivity index (χ0) is 17.9. The molecular formula is C17H28N4O3. The van der Waals surface area contributed by atoms with Crippen LogP contribution >= 0.6 is 0 Å². The Kier molecular flexibility index (Phi) is 5.54. The number of piperazine rings is 1. The quantitative estimate of drug-likeness (QED) is 0.879. The van der Waals surface area contributed by atoms with Gasteiger partial charge in [0.2, 0.25) is 0 Å². The maximum atomic E-state index is 12.2. The minimum Gasteiger partial charge on any atom is -0.444 e. The molecule has 0 saturated carbocycles. The van der Waals surface area contributed by atoms with Gasteiger partial charge in [-0.2, -0.15) is 0 Å². The summed E-state index contributed by atoms with van der Waals surface area (Å²) in [5.74, 6) is -0.100. The molecule has 2 rings (SSSR count). The predicted molar refractivity (Wildman–Crippen MR) is 92.1 cm³/mol. The van der Waals surface area contributed by atoms with Gasteiger partial charge in [0.1, 0.15) is 5.60 Å². The first kappa shape index (κ1) is 18.3. The standard InChI is InChI=1S/C17H28N4O3/c1-12-8-18-10-14(12)15(22)19-9-13-11-21(7-6-20(13)5)16(23)24-17(2,3)4/h8,10,13,18H,6-7,9,11H2,1-5H3,(H,19,22). The number of carbonyl (C=O) groups is 2. The molecule has 0 spiro atoms. The van der Waals surface area contributed by atoms with E-state index >= 15 is 0 Å². The molecule has 1 saturated heterocycles. The van der Waals surface area contributed by atoms with Crippen LogP contribution in [0.1, 0.15) is 36.7 Å². The Morgan fingerprint density at radius 2 is 2.04 bits per heavy atom. The number of ether oxygens (including phenoxy) is 1. The van der Waals surface area contributed by atoms with Gasteiger partial charge in [-0.1, -0.05) is 0 Å². The van der Waals surface area contributed by atoms with E-state index in [1.807, 2.05) is 34.7 Å². The number of nitrogens with zero attached hydrogens (tertiary/aromatic N) is 2. The third kappa shape index (κ3) is 4.74. The van der Waals surface area contributed by atoms with Crippen LogP contribution in [0.15, 0.2) is 12.4 Å². The van der Waals surface area contributed by atoms with Crippen molar-refractivity contribution in [2.75, 3.05) is 33.2 Å². The zero-order valence-corrected chi connectivity index (χ0v) is 15.2. The summed E-state index contributed by atoms with van der Waals surface area (Å²) in [5.41, 5.74) is 1.06. The van der Waals surface area contributed by atoms with Gasteiger partial charge in [-0.15, -0.1) is 0 Å². The number of likely N-dealkylation sites (N-methyl/N-ethyl adjacent to an activating group) is 1. The van der Waals surface area contributed by atoms with E-state index in [0.717, 1.165) is 12.1 Å². The number of aryl methyl sites for hydroxylation is 1. The average molecular weight is 336 g/mol. The number of aromatic nitrogens is 1. The summed E-state index contributed by atoms with van der Waals surface area (Å²) in [6.07, 6.45) is 3.20. The van der Waals surface area contributed by atoms with E-state index < -0.39 is 5.60 Å². The van der Waals surface area contributed by atoms with Crippen molar-refractivity contribution in [1.29, 1.82) is 0 Å². The number of carbonyl (C=O) groups excluding carboxylic acids is 2. The van der Waals surface area contributed by atoms with Gasteiger partial charge >= 0.3 is 6.09 Å². The summed E-state index contributed by atoms with van der Waals surface area (Å²) >= 11 is 0. The Balaban J connectivity index is 1.90. The number of hydrogen-bond donors (Lipinski definition) is 2. The van der Waals surface area contributed by atoms with Crippen molar-refractivity contribution in [3.05, 3.63) is 23.5 Å². The fourth-order valence-electron chi connectivity index (χ4n) is 2.65. The van der Waals surface area contributed by atoms with E-state index in [4.69, 9.17) is 4.74 Å². The summed E-state index contributed by atoms with van der Waals surface area (Å²) in [6, 6.07) is 0.0643. The number of H-pyrrole nitrogens is 1. The smallest absolute Gasteiger partial charge is 0.410 e. The Morgan fingerprint density at radius 1 is 1.33 bits per heavy atom. The number of rotatable bonds is 3. The molecule has 24 heavy (non-hydrogen) atoms. The topological polar surface area (TPSA) is 77.7 Å². The van der Waals surface area contributed by atoms with E-state index in [-0.39, 0.29) is 18.0 Å². The van der Waals surface area contributed by atoms with Crippen molar-refractivity contribution in [2.24, 2.45) is 0 Å². The van der Waals surface area contributed by atoms with E-state index in [1.165, 1.54) is 0 Å². The first-order valence-electron chi connectivity index (χ1n) is 8.27. The highest BCUT2D eigenvalue weighted by atomic mass is 16.6. The molecular weight excluding hydrogens is 308 g/mol. The van der Waals surface area contributed by atoms with E-state index in [0.29, 0.717) is 25.2 Å². The minimum atomic E-state index is -0.504. The highest BCUT2D eigenvalue weighted by molar-refractivity contribution is 5.95. The fraction of sp³-hybridized carbons (Fsp3) is 0.647.